The van der Waals surface area contributed by atoms with Crippen LogP contribution in [0.3, 0.4) is 0 Å². The van der Waals surface area contributed by atoms with Crippen LogP contribution in [0.2, 0.25) is 0 Å². The van der Waals surface area contributed by atoms with Gasteiger partial charge in [0.2, 0.25) is 0 Å². The molecule has 0 unspecified atom stereocenters. The number of nitrogens with zero attached hydrogens (tertiary/aromatic N) is 5. The van der Waals surface area contributed by atoms with E-state index in [9.17, 15) is 4.79 Å². The Morgan fingerprint density at radius 3 is 2.73 bits per heavy atom. The third kappa shape index (κ3) is 3.35. The van der Waals surface area contributed by atoms with Crippen molar-refractivity contribution in [1.82, 2.24) is 24.3 Å². The number of pyridine rings is 3. The molecule has 1 fully saturated rings. The molecule has 1 aliphatic heterocycles. The number of H-pyrrole nitrogens is 1. The molecule has 7 heteroatoms. The maximum absolute atomic E-state index is 12.1. The second kappa shape index (κ2) is 7.57. The fourth-order valence-electron chi connectivity index (χ4n) is 4.37. The van der Waals surface area contributed by atoms with Crippen molar-refractivity contribution in [2.75, 3.05) is 31.1 Å². The van der Waals surface area contributed by atoms with Gasteiger partial charge in [-0.15, -0.1) is 0 Å². The number of anilines is 1. The summed E-state index contributed by atoms with van der Waals surface area (Å²) in [6, 6.07) is 8.23. The summed E-state index contributed by atoms with van der Waals surface area (Å²) in [6.07, 6.45) is 6.51. The minimum atomic E-state index is -0.0113. The number of aromatic amines is 1. The summed E-state index contributed by atoms with van der Waals surface area (Å²) in [6.45, 7) is 8.93. The van der Waals surface area contributed by atoms with Gasteiger partial charge in [-0.1, -0.05) is 6.92 Å². The first-order valence-corrected chi connectivity index (χ1v) is 10.5. The van der Waals surface area contributed by atoms with E-state index in [-0.39, 0.29) is 5.56 Å². The van der Waals surface area contributed by atoms with E-state index >= 15 is 0 Å². The van der Waals surface area contributed by atoms with Gasteiger partial charge in [0.1, 0.15) is 5.65 Å². The molecule has 0 saturated carbocycles. The first-order valence-electron chi connectivity index (χ1n) is 10.5. The summed E-state index contributed by atoms with van der Waals surface area (Å²) >= 11 is 0. The summed E-state index contributed by atoms with van der Waals surface area (Å²) in [5, 5.41) is 0. The van der Waals surface area contributed by atoms with Gasteiger partial charge < -0.3 is 14.3 Å². The molecule has 1 N–H and O–H groups in total. The lowest BCUT2D eigenvalue weighted by atomic mass is 10.1. The van der Waals surface area contributed by atoms with Gasteiger partial charge in [0.15, 0.2) is 0 Å². The Balaban J connectivity index is 1.28. The topological polar surface area (TPSA) is 69.5 Å². The van der Waals surface area contributed by atoms with E-state index in [1.807, 2.05) is 31.6 Å². The number of piperazine rings is 1. The van der Waals surface area contributed by atoms with Crippen LogP contribution < -0.4 is 10.5 Å². The van der Waals surface area contributed by atoms with Crippen LogP contribution in [0.15, 0.2) is 47.7 Å². The second-order valence-corrected chi connectivity index (χ2v) is 7.98. The number of imidazole rings is 1. The van der Waals surface area contributed by atoms with E-state index in [4.69, 9.17) is 0 Å². The standard InChI is InChI=1S/C23H26N6O/c1-3-18-13-19-20(26-23(18)30)12-17(14-25-19)15-27-8-10-28(11-9-27)21-4-5-22-24-6-7-29(22)16(21)2/h4-7,12-14H,3,8-11,15H2,1-2H3,(H,26,30). The molecule has 0 aromatic carbocycles. The van der Waals surface area contributed by atoms with Gasteiger partial charge in [-0.2, -0.15) is 0 Å². The third-order valence-electron chi connectivity index (χ3n) is 6.12. The highest BCUT2D eigenvalue weighted by Crippen LogP contribution is 2.23. The van der Waals surface area contributed by atoms with Crippen LogP contribution in [-0.4, -0.2) is 50.4 Å². The zero-order valence-corrected chi connectivity index (χ0v) is 17.4. The Hall–Kier alpha value is -3.19. The van der Waals surface area contributed by atoms with E-state index in [1.165, 1.54) is 11.4 Å². The monoisotopic (exact) mass is 402 g/mol. The Kier molecular flexibility index (Phi) is 4.75. The van der Waals surface area contributed by atoms with Gasteiger partial charge in [0.25, 0.3) is 5.56 Å². The fourth-order valence-corrected chi connectivity index (χ4v) is 4.37. The van der Waals surface area contributed by atoms with Gasteiger partial charge >= 0.3 is 0 Å². The van der Waals surface area contributed by atoms with Crippen molar-refractivity contribution in [3.8, 4) is 0 Å². The lowest BCUT2D eigenvalue weighted by molar-refractivity contribution is 0.249. The number of hydrogen-bond acceptors (Lipinski definition) is 5. The average molecular weight is 403 g/mol. The molecule has 0 atom stereocenters. The Morgan fingerprint density at radius 1 is 1.10 bits per heavy atom. The summed E-state index contributed by atoms with van der Waals surface area (Å²) in [5.74, 6) is 0. The zero-order chi connectivity index (χ0) is 20.7. The molecule has 0 spiro atoms. The number of aromatic nitrogens is 4. The number of hydrogen-bond donors (Lipinski definition) is 1. The maximum Gasteiger partial charge on any atom is 0.251 e. The molecule has 0 aliphatic carbocycles. The lowest BCUT2D eigenvalue weighted by Crippen LogP contribution is -2.46. The molecule has 5 heterocycles. The maximum atomic E-state index is 12.1. The number of rotatable bonds is 4. The van der Waals surface area contributed by atoms with Crippen LogP contribution >= 0.6 is 0 Å². The third-order valence-corrected chi connectivity index (χ3v) is 6.12. The van der Waals surface area contributed by atoms with Crippen LogP contribution in [0.5, 0.6) is 0 Å². The normalized spacial score (nSPS) is 15.3. The second-order valence-electron chi connectivity index (χ2n) is 7.98. The van der Waals surface area contributed by atoms with Crippen LogP contribution in [0, 0.1) is 6.92 Å². The van der Waals surface area contributed by atoms with Crippen molar-refractivity contribution in [2.24, 2.45) is 0 Å². The van der Waals surface area contributed by atoms with E-state index < -0.39 is 0 Å². The molecule has 1 saturated heterocycles. The molecule has 0 bridgehead atoms. The van der Waals surface area contributed by atoms with Crippen LogP contribution in [-0.2, 0) is 13.0 Å². The summed E-state index contributed by atoms with van der Waals surface area (Å²) in [5.41, 5.74) is 7.06. The molecular formula is C23H26N6O. The van der Waals surface area contributed by atoms with Gasteiger partial charge in [-0.3, -0.25) is 14.7 Å². The summed E-state index contributed by atoms with van der Waals surface area (Å²) in [4.78, 5) is 29.0. The molecular weight excluding hydrogens is 376 g/mol. The summed E-state index contributed by atoms with van der Waals surface area (Å²) in [7, 11) is 0. The highest BCUT2D eigenvalue weighted by Gasteiger charge is 2.20. The summed E-state index contributed by atoms with van der Waals surface area (Å²) < 4.78 is 2.15. The Labute approximate surface area is 175 Å². The van der Waals surface area contributed by atoms with E-state index in [1.54, 1.807) is 0 Å². The smallest absolute Gasteiger partial charge is 0.251 e. The highest BCUT2D eigenvalue weighted by atomic mass is 16.1. The van der Waals surface area contributed by atoms with E-state index in [2.05, 4.69) is 54.3 Å². The van der Waals surface area contributed by atoms with Crippen molar-refractivity contribution < 1.29 is 0 Å². The van der Waals surface area contributed by atoms with Crippen molar-refractivity contribution in [2.45, 2.75) is 26.8 Å². The Morgan fingerprint density at radius 2 is 1.93 bits per heavy atom. The predicted octanol–water partition coefficient (Wildman–Crippen LogP) is 2.76. The van der Waals surface area contributed by atoms with Crippen molar-refractivity contribution in [3.05, 3.63) is 70.0 Å². The number of fused-ring (bicyclic) bond motifs is 2. The van der Waals surface area contributed by atoms with Gasteiger partial charge in [0.05, 0.1) is 16.7 Å². The van der Waals surface area contributed by atoms with Crippen molar-refractivity contribution in [3.63, 3.8) is 0 Å². The van der Waals surface area contributed by atoms with Crippen LogP contribution in [0.1, 0.15) is 23.7 Å². The molecule has 1 aliphatic rings. The number of nitrogens with one attached hydrogen (secondary N) is 1. The quantitative estimate of drug-likeness (QED) is 0.568. The first-order chi connectivity index (χ1) is 14.6. The molecule has 4 aromatic rings. The first kappa shape index (κ1) is 18.8. The molecule has 5 rings (SSSR count). The van der Waals surface area contributed by atoms with E-state index in [0.29, 0.717) is 6.42 Å². The highest BCUT2D eigenvalue weighted by molar-refractivity contribution is 5.74. The Bertz CT molecular complexity index is 1270. The molecule has 4 aromatic heterocycles. The van der Waals surface area contributed by atoms with Crippen molar-refractivity contribution >= 4 is 22.4 Å². The molecule has 30 heavy (non-hydrogen) atoms. The van der Waals surface area contributed by atoms with Gasteiger partial charge in [0, 0.05) is 62.6 Å². The fraction of sp³-hybridized carbons (Fsp3) is 0.348. The molecule has 154 valence electrons. The predicted molar refractivity (Wildman–Crippen MR) is 119 cm³/mol. The molecule has 0 amide bonds. The SMILES string of the molecule is CCc1cc2ncc(CN3CCN(c4ccc5nccn5c4C)CC3)cc2[nH]c1=O. The molecule has 0 radical (unpaired) electrons. The van der Waals surface area contributed by atoms with Gasteiger partial charge in [-0.05, 0) is 43.2 Å². The van der Waals surface area contributed by atoms with E-state index in [0.717, 1.165) is 60.5 Å². The molecule has 7 nitrogen and oxygen atoms in total. The van der Waals surface area contributed by atoms with Gasteiger partial charge in [-0.25, -0.2) is 4.98 Å². The largest absolute Gasteiger partial charge is 0.368 e. The van der Waals surface area contributed by atoms with Crippen LogP contribution in [0.25, 0.3) is 16.7 Å². The lowest BCUT2D eigenvalue weighted by Gasteiger charge is -2.36. The minimum absolute atomic E-state index is 0.0113. The van der Waals surface area contributed by atoms with Crippen molar-refractivity contribution in [1.29, 1.82) is 0 Å². The zero-order valence-electron chi connectivity index (χ0n) is 17.4. The average Bonchev–Trinajstić information content (AvgIpc) is 3.24. The van der Waals surface area contributed by atoms with Crippen LogP contribution in [0.4, 0.5) is 5.69 Å². The number of aryl methyl sites for hydroxylation is 2. The minimum Gasteiger partial charge on any atom is -0.368 e.